The molecule has 0 bridgehead atoms. The first-order valence-electron chi connectivity index (χ1n) is 9.80. The van der Waals surface area contributed by atoms with Crippen LogP contribution in [-0.2, 0) is 0 Å². The molecule has 3 rings (SSSR count). The Morgan fingerprint density at radius 1 is 1.15 bits per heavy atom. The second-order valence-corrected chi connectivity index (χ2v) is 7.29. The van der Waals surface area contributed by atoms with Gasteiger partial charge in [0.2, 0.25) is 0 Å². The Morgan fingerprint density at radius 3 is 2.56 bits per heavy atom. The van der Waals surface area contributed by atoms with Crippen LogP contribution in [-0.4, -0.2) is 49.4 Å². The number of carbonyl (C=O) groups excluding carboxylic acids is 2. The lowest BCUT2D eigenvalue weighted by atomic mass is 9.97. The lowest BCUT2D eigenvalue weighted by Gasteiger charge is -2.36. The smallest absolute Gasteiger partial charge is 0.317 e. The minimum absolute atomic E-state index is 0.0431. The summed E-state index contributed by atoms with van der Waals surface area (Å²) in [5.74, 6) is -0.535. The number of hydrogen-bond donors (Lipinski definition) is 1. The third-order valence-electron chi connectivity index (χ3n) is 5.37. The molecular formula is C21H28FN3O2. The van der Waals surface area contributed by atoms with Gasteiger partial charge in [-0.1, -0.05) is 11.6 Å². The fraction of sp³-hybridized carbons (Fsp3) is 0.524. The van der Waals surface area contributed by atoms with Crippen molar-refractivity contribution in [3.8, 4) is 0 Å². The Kier molecular flexibility index (Phi) is 6.48. The summed E-state index contributed by atoms with van der Waals surface area (Å²) in [7, 11) is 0. The average Bonchev–Trinajstić information content (AvgIpc) is 2.69. The van der Waals surface area contributed by atoms with Crippen molar-refractivity contribution < 1.29 is 14.0 Å². The van der Waals surface area contributed by atoms with Gasteiger partial charge in [-0.15, -0.1) is 0 Å². The van der Waals surface area contributed by atoms with Gasteiger partial charge >= 0.3 is 6.03 Å². The summed E-state index contributed by atoms with van der Waals surface area (Å²) in [6.45, 7) is 4.37. The van der Waals surface area contributed by atoms with Crippen molar-refractivity contribution in [2.75, 3.05) is 37.6 Å². The van der Waals surface area contributed by atoms with Gasteiger partial charge < -0.3 is 15.1 Å². The number of anilines is 1. The van der Waals surface area contributed by atoms with Crippen LogP contribution < -0.4 is 10.2 Å². The Labute approximate surface area is 160 Å². The molecule has 0 saturated carbocycles. The van der Waals surface area contributed by atoms with E-state index in [0.717, 1.165) is 19.3 Å². The van der Waals surface area contributed by atoms with Crippen LogP contribution in [0.1, 0.15) is 49.4 Å². The van der Waals surface area contributed by atoms with E-state index in [0.29, 0.717) is 44.0 Å². The van der Waals surface area contributed by atoms with E-state index in [2.05, 4.69) is 11.4 Å². The van der Waals surface area contributed by atoms with Crippen molar-refractivity contribution in [1.82, 2.24) is 10.2 Å². The molecular weight excluding hydrogens is 345 g/mol. The first-order valence-corrected chi connectivity index (χ1v) is 9.80. The van der Waals surface area contributed by atoms with Gasteiger partial charge in [0.05, 0.1) is 5.69 Å². The molecule has 0 unspecified atom stereocenters. The number of carbonyl (C=O) groups is 2. The maximum Gasteiger partial charge on any atom is 0.317 e. The number of ketones is 1. The van der Waals surface area contributed by atoms with Crippen LogP contribution in [0.2, 0.25) is 0 Å². The quantitative estimate of drug-likeness (QED) is 0.632. The number of allylic oxidation sites excluding steroid dienone is 1. The zero-order valence-electron chi connectivity index (χ0n) is 16.0. The molecule has 2 amide bonds. The maximum absolute atomic E-state index is 14.3. The number of piperazine rings is 1. The van der Waals surface area contributed by atoms with E-state index in [1.165, 1.54) is 31.4 Å². The van der Waals surface area contributed by atoms with Gasteiger partial charge in [0.25, 0.3) is 0 Å². The number of hydrogen-bond acceptors (Lipinski definition) is 3. The Hall–Kier alpha value is -2.37. The molecule has 0 atom stereocenters. The number of nitrogens with one attached hydrogen (secondary N) is 1. The van der Waals surface area contributed by atoms with Gasteiger partial charge in [-0.25, -0.2) is 9.18 Å². The van der Waals surface area contributed by atoms with Crippen molar-refractivity contribution in [2.24, 2.45) is 0 Å². The van der Waals surface area contributed by atoms with E-state index in [1.807, 2.05) is 4.90 Å². The van der Waals surface area contributed by atoms with Crippen molar-refractivity contribution >= 4 is 17.5 Å². The van der Waals surface area contributed by atoms with Crippen LogP contribution in [0.3, 0.4) is 0 Å². The van der Waals surface area contributed by atoms with Gasteiger partial charge in [-0.05, 0) is 57.2 Å². The second-order valence-electron chi connectivity index (χ2n) is 7.29. The standard InChI is InChI=1S/C21H28FN3O2/c1-16(26)18-7-8-20(19(22)15-18)24-11-13-25(14-12-24)21(27)23-10-9-17-5-3-2-4-6-17/h5,7-8,15H,2-4,6,9-14H2,1H3,(H,23,27). The predicted octanol–water partition coefficient (Wildman–Crippen LogP) is 3.75. The van der Waals surface area contributed by atoms with Gasteiger partial charge in [0.15, 0.2) is 5.78 Å². The van der Waals surface area contributed by atoms with Gasteiger partial charge in [0, 0.05) is 38.3 Å². The van der Waals surface area contributed by atoms with Crippen LogP contribution in [0.15, 0.2) is 29.8 Å². The fourth-order valence-corrected chi connectivity index (χ4v) is 3.71. The first kappa shape index (κ1) is 19.4. The zero-order chi connectivity index (χ0) is 19.2. The molecule has 1 aromatic carbocycles. The van der Waals surface area contributed by atoms with E-state index in [9.17, 15) is 14.0 Å². The van der Waals surface area contributed by atoms with Crippen LogP contribution >= 0.6 is 0 Å². The number of rotatable bonds is 5. The topological polar surface area (TPSA) is 52.7 Å². The second kappa shape index (κ2) is 9.02. The molecule has 1 aliphatic heterocycles. The molecule has 1 N–H and O–H groups in total. The largest absolute Gasteiger partial charge is 0.366 e. The number of nitrogens with zero attached hydrogens (tertiary/aromatic N) is 2. The molecule has 27 heavy (non-hydrogen) atoms. The first-order chi connectivity index (χ1) is 13.0. The summed E-state index contributed by atoms with van der Waals surface area (Å²) in [5, 5.41) is 3.00. The van der Waals surface area contributed by atoms with Crippen LogP contribution in [0.5, 0.6) is 0 Å². The third-order valence-corrected chi connectivity index (χ3v) is 5.37. The number of urea groups is 1. The van der Waals surface area contributed by atoms with Crippen LogP contribution in [0.4, 0.5) is 14.9 Å². The summed E-state index contributed by atoms with van der Waals surface area (Å²) in [4.78, 5) is 27.4. The van der Waals surface area contributed by atoms with Crippen LogP contribution in [0, 0.1) is 5.82 Å². The summed E-state index contributed by atoms with van der Waals surface area (Å²) in [6, 6.07) is 4.55. The number of Topliss-reactive ketones (excluding diaryl/α,β-unsaturated/α-hetero) is 1. The number of benzene rings is 1. The molecule has 1 fully saturated rings. The highest BCUT2D eigenvalue weighted by atomic mass is 19.1. The Balaban J connectivity index is 1.46. The van der Waals surface area contributed by atoms with Gasteiger partial charge in [-0.3, -0.25) is 4.79 Å². The van der Waals surface area contributed by atoms with E-state index in [1.54, 1.807) is 17.0 Å². The maximum atomic E-state index is 14.3. The predicted molar refractivity (Wildman–Crippen MR) is 105 cm³/mol. The Bertz CT molecular complexity index is 724. The number of amides is 2. The molecule has 1 saturated heterocycles. The zero-order valence-corrected chi connectivity index (χ0v) is 16.0. The normalized spacial score (nSPS) is 17.5. The molecule has 5 nitrogen and oxygen atoms in total. The van der Waals surface area contributed by atoms with Crippen molar-refractivity contribution in [1.29, 1.82) is 0 Å². The van der Waals surface area contributed by atoms with Crippen molar-refractivity contribution in [3.05, 3.63) is 41.2 Å². The molecule has 146 valence electrons. The molecule has 1 aromatic rings. The SMILES string of the molecule is CC(=O)c1ccc(N2CCN(C(=O)NCCC3=CCCCC3)CC2)c(F)c1. The van der Waals surface area contributed by atoms with E-state index in [4.69, 9.17) is 0 Å². The summed E-state index contributed by atoms with van der Waals surface area (Å²) in [5.41, 5.74) is 2.32. The molecule has 0 spiro atoms. The van der Waals surface area contributed by atoms with Crippen molar-refractivity contribution in [2.45, 2.75) is 39.0 Å². The van der Waals surface area contributed by atoms with Gasteiger partial charge in [-0.2, -0.15) is 0 Å². The highest BCUT2D eigenvalue weighted by molar-refractivity contribution is 5.94. The minimum Gasteiger partial charge on any atom is -0.366 e. The van der Waals surface area contributed by atoms with E-state index >= 15 is 0 Å². The average molecular weight is 373 g/mol. The number of halogens is 1. The van der Waals surface area contributed by atoms with Gasteiger partial charge in [0.1, 0.15) is 5.82 Å². The summed E-state index contributed by atoms with van der Waals surface area (Å²) >= 11 is 0. The third kappa shape index (κ3) is 5.08. The van der Waals surface area contributed by atoms with E-state index < -0.39 is 0 Å². The monoisotopic (exact) mass is 373 g/mol. The highest BCUT2D eigenvalue weighted by Crippen LogP contribution is 2.22. The molecule has 0 radical (unpaired) electrons. The lowest BCUT2D eigenvalue weighted by Crippen LogP contribution is -2.52. The summed E-state index contributed by atoms with van der Waals surface area (Å²) < 4.78 is 14.3. The molecule has 1 aliphatic carbocycles. The summed E-state index contributed by atoms with van der Waals surface area (Å²) in [6.07, 6.45) is 8.08. The molecule has 6 heteroatoms. The lowest BCUT2D eigenvalue weighted by molar-refractivity contribution is 0.101. The fourth-order valence-electron chi connectivity index (χ4n) is 3.71. The van der Waals surface area contributed by atoms with E-state index in [-0.39, 0.29) is 17.6 Å². The highest BCUT2D eigenvalue weighted by Gasteiger charge is 2.23. The Morgan fingerprint density at radius 2 is 1.93 bits per heavy atom. The van der Waals surface area contributed by atoms with Crippen LogP contribution in [0.25, 0.3) is 0 Å². The molecule has 2 aliphatic rings. The van der Waals surface area contributed by atoms with Crippen molar-refractivity contribution in [3.63, 3.8) is 0 Å². The minimum atomic E-state index is -0.388. The molecule has 1 heterocycles. The molecule has 0 aromatic heterocycles.